The lowest BCUT2D eigenvalue weighted by atomic mass is 9.90. The zero-order valence-electron chi connectivity index (χ0n) is 10.8. The molecule has 1 saturated heterocycles. The number of esters is 1. The summed E-state index contributed by atoms with van der Waals surface area (Å²) in [5.74, 6) is -3.89. The quantitative estimate of drug-likeness (QED) is 0.422. The largest absolute Gasteiger partial charge is 0.465 e. The van der Waals surface area contributed by atoms with Crippen LogP contribution in [0, 0.1) is 0 Å². The van der Waals surface area contributed by atoms with E-state index >= 15 is 0 Å². The van der Waals surface area contributed by atoms with E-state index in [9.17, 15) is 24.9 Å². The first kappa shape index (κ1) is 14.7. The number of ketones is 1. The molecule has 0 bridgehead atoms. The lowest BCUT2D eigenvalue weighted by Crippen LogP contribution is -2.67. The molecule has 0 aromatic heterocycles. The molecule has 1 atom stereocenters. The average Bonchev–Trinajstić information content (AvgIpc) is 2.48. The highest BCUT2D eigenvalue weighted by molar-refractivity contribution is 6.05. The first-order chi connectivity index (χ1) is 9.42. The first-order valence-corrected chi connectivity index (χ1v) is 5.84. The van der Waals surface area contributed by atoms with Crippen LogP contribution in [-0.2, 0) is 19.1 Å². The molecule has 2 rings (SSSR count). The lowest BCUT2D eigenvalue weighted by molar-refractivity contribution is -0.213. The van der Waals surface area contributed by atoms with Crippen molar-refractivity contribution in [1.82, 2.24) is 5.32 Å². The summed E-state index contributed by atoms with van der Waals surface area (Å²) < 4.78 is 9.67. The van der Waals surface area contributed by atoms with Gasteiger partial charge in [-0.05, 0) is 12.2 Å². The normalized spacial score (nSPS) is 27.9. The molecular formula is C12H15NO7. The van der Waals surface area contributed by atoms with Crippen molar-refractivity contribution in [2.45, 2.75) is 11.3 Å². The maximum Gasteiger partial charge on any atom is 0.339 e. The lowest BCUT2D eigenvalue weighted by Gasteiger charge is -2.45. The minimum atomic E-state index is -2.34. The maximum absolute atomic E-state index is 11.8. The van der Waals surface area contributed by atoms with E-state index in [4.69, 9.17) is 4.74 Å². The van der Waals surface area contributed by atoms with Gasteiger partial charge in [-0.1, -0.05) is 0 Å². The highest BCUT2D eigenvalue weighted by Gasteiger charge is 2.52. The zero-order chi connectivity index (χ0) is 15.0. The molecule has 8 nitrogen and oxygen atoms in total. The van der Waals surface area contributed by atoms with Gasteiger partial charge in [0.25, 0.3) is 5.79 Å². The van der Waals surface area contributed by atoms with Gasteiger partial charge in [0.05, 0.1) is 38.2 Å². The Morgan fingerprint density at radius 2 is 2.10 bits per heavy atom. The van der Waals surface area contributed by atoms with Crippen molar-refractivity contribution in [2.75, 3.05) is 26.9 Å². The Balaban J connectivity index is 2.52. The van der Waals surface area contributed by atoms with Crippen LogP contribution in [0.4, 0.5) is 0 Å². The van der Waals surface area contributed by atoms with Gasteiger partial charge in [-0.25, -0.2) is 4.79 Å². The molecule has 0 aromatic carbocycles. The Morgan fingerprint density at radius 3 is 2.65 bits per heavy atom. The molecular weight excluding hydrogens is 270 g/mol. The molecule has 0 saturated carbocycles. The summed E-state index contributed by atoms with van der Waals surface area (Å²) >= 11 is 0. The summed E-state index contributed by atoms with van der Waals surface area (Å²) in [4.78, 5) is 23.5. The second-order valence-electron chi connectivity index (χ2n) is 4.63. The molecule has 2 aliphatic rings. The molecule has 8 heteroatoms. The zero-order valence-corrected chi connectivity index (χ0v) is 10.8. The molecule has 1 aliphatic heterocycles. The molecule has 4 N–H and O–H groups in total. The molecule has 0 aromatic rings. The van der Waals surface area contributed by atoms with Crippen molar-refractivity contribution in [3.05, 3.63) is 23.4 Å². The Bertz CT molecular complexity index is 506. The van der Waals surface area contributed by atoms with Gasteiger partial charge in [-0.15, -0.1) is 0 Å². The molecule has 110 valence electrons. The Kier molecular flexibility index (Phi) is 3.65. The van der Waals surface area contributed by atoms with Gasteiger partial charge in [-0.3, -0.25) is 4.79 Å². The van der Waals surface area contributed by atoms with Crippen LogP contribution in [0.25, 0.3) is 0 Å². The third-order valence-corrected chi connectivity index (χ3v) is 3.30. The predicted octanol–water partition coefficient (Wildman–Crippen LogP) is -2.42. The standard InChI is InChI=1S/C12H15NO7/c1-19-10(17)7-2-3-8(16)12(18)9(7)13-11(4-14,5-15)6-20-12/h2-3,13-15,18H,4-6H2,1H3. The fourth-order valence-electron chi connectivity index (χ4n) is 2.00. The summed E-state index contributed by atoms with van der Waals surface area (Å²) in [6.07, 6.45) is 2.18. The Morgan fingerprint density at radius 1 is 1.45 bits per heavy atom. The van der Waals surface area contributed by atoms with Crippen molar-refractivity contribution in [3.8, 4) is 0 Å². The van der Waals surface area contributed by atoms with E-state index in [0.717, 1.165) is 13.2 Å². The number of hydrogen-bond donors (Lipinski definition) is 4. The van der Waals surface area contributed by atoms with Gasteiger partial charge in [0, 0.05) is 0 Å². The molecule has 1 heterocycles. The van der Waals surface area contributed by atoms with Gasteiger partial charge in [0.15, 0.2) is 0 Å². The second kappa shape index (κ2) is 4.98. The van der Waals surface area contributed by atoms with Gasteiger partial charge in [0.1, 0.15) is 5.54 Å². The highest BCUT2D eigenvalue weighted by atomic mass is 16.6. The second-order valence-corrected chi connectivity index (χ2v) is 4.63. The number of rotatable bonds is 3. The third-order valence-electron chi connectivity index (χ3n) is 3.30. The van der Waals surface area contributed by atoms with Crippen molar-refractivity contribution < 1.29 is 34.4 Å². The van der Waals surface area contributed by atoms with E-state index in [1.807, 2.05) is 0 Å². The van der Waals surface area contributed by atoms with Crippen molar-refractivity contribution >= 4 is 11.8 Å². The van der Waals surface area contributed by atoms with E-state index in [0.29, 0.717) is 0 Å². The number of carbonyl (C=O) groups is 2. The number of hydrogen-bond acceptors (Lipinski definition) is 8. The first-order valence-electron chi connectivity index (χ1n) is 5.84. The monoisotopic (exact) mass is 285 g/mol. The third kappa shape index (κ3) is 2.02. The van der Waals surface area contributed by atoms with Crippen LogP contribution in [0.3, 0.4) is 0 Å². The average molecular weight is 285 g/mol. The molecule has 1 aliphatic carbocycles. The summed E-state index contributed by atoms with van der Waals surface area (Å²) in [5, 5.41) is 31.6. The van der Waals surface area contributed by atoms with Crippen LogP contribution in [-0.4, -0.2) is 65.3 Å². The Hall–Kier alpha value is -1.74. The smallest absolute Gasteiger partial charge is 0.339 e. The molecule has 0 radical (unpaired) electrons. The fraction of sp³-hybridized carbons (Fsp3) is 0.500. The number of morpholine rings is 1. The molecule has 0 amide bonds. The number of nitrogens with one attached hydrogen (secondary N) is 1. The van der Waals surface area contributed by atoms with Gasteiger partial charge < -0.3 is 30.1 Å². The number of carbonyl (C=O) groups excluding carboxylic acids is 2. The van der Waals surface area contributed by atoms with Crippen LogP contribution in [0.1, 0.15) is 0 Å². The van der Waals surface area contributed by atoms with Gasteiger partial charge in [0.2, 0.25) is 5.78 Å². The Labute approximate surface area is 114 Å². The van der Waals surface area contributed by atoms with Crippen LogP contribution < -0.4 is 5.32 Å². The summed E-state index contributed by atoms with van der Waals surface area (Å²) in [5.41, 5.74) is -1.65. The number of fused-ring (bicyclic) bond motifs is 1. The van der Waals surface area contributed by atoms with Crippen molar-refractivity contribution in [3.63, 3.8) is 0 Å². The fourth-order valence-corrected chi connectivity index (χ4v) is 2.00. The summed E-state index contributed by atoms with van der Waals surface area (Å²) in [7, 11) is 1.15. The minimum absolute atomic E-state index is 0.111. The number of aliphatic hydroxyl groups excluding tert-OH is 2. The highest BCUT2D eigenvalue weighted by Crippen LogP contribution is 2.33. The molecule has 1 unspecified atom stereocenters. The van der Waals surface area contributed by atoms with Crippen LogP contribution >= 0.6 is 0 Å². The van der Waals surface area contributed by atoms with Crippen LogP contribution in [0.5, 0.6) is 0 Å². The minimum Gasteiger partial charge on any atom is -0.465 e. The van der Waals surface area contributed by atoms with Gasteiger partial charge >= 0.3 is 5.97 Å². The molecule has 0 spiro atoms. The summed E-state index contributed by atoms with van der Waals surface area (Å²) in [6.45, 7) is -1.35. The van der Waals surface area contributed by atoms with E-state index in [1.165, 1.54) is 6.08 Å². The number of aliphatic hydroxyl groups is 3. The van der Waals surface area contributed by atoms with Crippen molar-refractivity contribution in [2.24, 2.45) is 0 Å². The van der Waals surface area contributed by atoms with E-state index in [-0.39, 0.29) is 17.9 Å². The number of methoxy groups -OCH3 is 1. The topological polar surface area (TPSA) is 125 Å². The molecule has 1 fully saturated rings. The van der Waals surface area contributed by atoms with Crippen LogP contribution in [0.2, 0.25) is 0 Å². The van der Waals surface area contributed by atoms with Crippen molar-refractivity contribution in [1.29, 1.82) is 0 Å². The number of ether oxygens (including phenoxy) is 2. The predicted molar refractivity (Wildman–Crippen MR) is 64.1 cm³/mol. The van der Waals surface area contributed by atoms with E-state index in [1.54, 1.807) is 0 Å². The van der Waals surface area contributed by atoms with Crippen LogP contribution in [0.15, 0.2) is 23.4 Å². The maximum atomic E-state index is 11.8. The van der Waals surface area contributed by atoms with Gasteiger partial charge in [-0.2, -0.15) is 0 Å². The molecule has 20 heavy (non-hydrogen) atoms. The SMILES string of the molecule is COC(=O)C1=C2NC(CO)(CO)COC2(O)C(=O)C=C1. The van der Waals surface area contributed by atoms with E-state index < -0.39 is 36.3 Å². The van der Waals surface area contributed by atoms with E-state index in [2.05, 4.69) is 10.1 Å². The summed E-state index contributed by atoms with van der Waals surface area (Å²) in [6, 6.07) is 0.